The topological polar surface area (TPSA) is 82.7 Å². The van der Waals surface area contributed by atoms with Crippen molar-refractivity contribution in [1.82, 2.24) is 4.57 Å². The minimum Gasteiger partial charge on any atom is -0.478 e. The Morgan fingerprint density at radius 2 is 2.11 bits per heavy atom. The molecule has 1 heterocycles. The molecular formula is C14H17NO4. The number of benzene rings is 1. The lowest BCUT2D eigenvalue weighted by Crippen LogP contribution is -2.04. The van der Waals surface area contributed by atoms with E-state index in [0.29, 0.717) is 17.5 Å². The summed E-state index contributed by atoms with van der Waals surface area (Å²) in [7, 11) is 0. The molecule has 5 nitrogen and oxygen atoms in total. The molecular weight excluding hydrogens is 246 g/mol. The van der Waals surface area contributed by atoms with Crippen LogP contribution in [0.5, 0.6) is 0 Å². The molecule has 19 heavy (non-hydrogen) atoms. The van der Waals surface area contributed by atoms with Crippen molar-refractivity contribution in [3.8, 4) is 0 Å². The zero-order valence-corrected chi connectivity index (χ0v) is 10.9. The summed E-state index contributed by atoms with van der Waals surface area (Å²) in [6.07, 6.45) is -0.761. The number of aromatic nitrogens is 1. The summed E-state index contributed by atoms with van der Waals surface area (Å²) >= 11 is 0. The summed E-state index contributed by atoms with van der Waals surface area (Å²) in [5.41, 5.74) is 2.30. The number of aromatic carboxylic acids is 1. The molecule has 1 unspecified atom stereocenters. The van der Waals surface area contributed by atoms with Crippen molar-refractivity contribution < 1.29 is 20.1 Å². The molecule has 3 N–H and O–H groups in total. The van der Waals surface area contributed by atoms with E-state index in [0.717, 1.165) is 11.2 Å². The third-order valence-electron chi connectivity index (χ3n) is 3.37. The van der Waals surface area contributed by atoms with Gasteiger partial charge in [-0.1, -0.05) is 6.07 Å². The molecule has 0 aliphatic rings. The number of nitrogens with zero attached hydrogens (tertiary/aromatic N) is 1. The molecule has 1 aromatic carbocycles. The van der Waals surface area contributed by atoms with E-state index < -0.39 is 12.1 Å². The van der Waals surface area contributed by atoms with Gasteiger partial charge in [-0.05, 0) is 26.0 Å². The zero-order chi connectivity index (χ0) is 14.2. The number of carboxylic acid groups (broad SMARTS) is 1. The number of rotatable bonds is 4. The van der Waals surface area contributed by atoms with Gasteiger partial charge in [0.15, 0.2) is 0 Å². The van der Waals surface area contributed by atoms with E-state index >= 15 is 0 Å². The second-order valence-electron chi connectivity index (χ2n) is 4.56. The van der Waals surface area contributed by atoms with Gasteiger partial charge in [0.05, 0.1) is 18.3 Å². The van der Waals surface area contributed by atoms with Gasteiger partial charge in [0.1, 0.15) is 0 Å². The predicted octanol–water partition coefficient (Wildman–Crippen LogP) is 1.69. The maximum absolute atomic E-state index is 11.3. The van der Waals surface area contributed by atoms with Gasteiger partial charge in [-0.25, -0.2) is 4.79 Å². The van der Waals surface area contributed by atoms with Gasteiger partial charge < -0.3 is 19.9 Å². The molecule has 0 fully saturated rings. The summed E-state index contributed by atoms with van der Waals surface area (Å²) in [6, 6.07) is 5.00. The third-order valence-corrected chi connectivity index (χ3v) is 3.37. The van der Waals surface area contributed by atoms with Crippen LogP contribution in [0.1, 0.15) is 34.6 Å². The van der Waals surface area contributed by atoms with Crippen LogP contribution in [0.25, 0.3) is 10.9 Å². The van der Waals surface area contributed by atoms with Crippen molar-refractivity contribution in [3.63, 3.8) is 0 Å². The minimum atomic E-state index is -1.02. The SMILES string of the molecule is Cc1c(C(C)O)c2c(C(=O)O)cccc2n1CCO. The molecule has 0 aliphatic heterocycles. The monoisotopic (exact) mass is 263 g/mol. The highest BCUT2D eigenvalue weighted by Gasteiger charge is 2.21. The van der Waals surface area contributed by atoms with E-state index in [1.54, 1.807) is 19.1 Å². The number of carbonyl (C=O) groups is 1. The highest BCUT2D eigenvalue weighted by Crippen LogP contribution is 2.33. The van der Waals surface area contributed by atoms with E-state index in [1.807, 2.05) is 11.5 Å². The first kappa shape index (κ1) is 13.6. The van der Waals surface area contributed by atoms with Crippen LogP contribution in [0.3, 0.4) is 0 Å². The zero-order valence-electron chi connectivity index (χ0n) is 10.9. The van der Waals surface area contributed by atoms with Crippen LogP contribution in [0.15, 0.2) is 18.2 Å². The van der Waals surface area contributed by atoms with Crippen LogP contribution < -0.4 is 0 Å². The fraction of sp³-hybridized carbons (Fsp3) is 0.357. The van der Waals surface area contributed by atoms with E-state index in [-0.39, 0.29) is 12.2 Å². The molecule has 0 aliphatic carbocycles. The van der Waals surface area contributed by atoms with Crippen LogP contribution in [-0.4, -0.2) is 32.5 Å². The van der Waals surface area contributed by atoms with E-state index in [9.17, 15) is 15.0 Å². The molecule has 0 saturated heterocycles. The van der Waals surface area contributed by atoms with Crippen molar-refractivity contribution >= 4 is 16.9 Å². The standard InChI is InChI=1S/C14H17NO4/c1-8-12(9(2)17)13-10(14(18)19)4-3-5-11(13)15(8)6-7-16/h3-5,9,16-17H,6-7H2,1-2H3,(H,18,19). The first-order valence-corrected chi connectivity index (χ1v) is 6.13. The Labute approximate surface area is 110 Å². The van der Waals surface area contributed by atoms with Crippen molar-refractivity contribution in [2.75, 3.05) is 6.61 Å². The number of aliphatic hydroxyl groups excluding tert-OH is 2. The molecule has 0 amide bonds. The van der Waals surface area contributed by atoms with Crippen molar-refractivity contribution in [2.24, 2.45) is 0 Å². The molecule has 0 bridgehead atoms. The fourth-order valence-electron chi connectivity index (χ4n) is 2.63. The third kappa shape index (κ3) is 2.11. The molecule has 1 atom stereocenters. The van der Waals surface area contributed by atoms with Crippen LogP contribution in [-0.2, 0) is 6.54 Å². The van der Waals surface area contributed by atoms with Crippen LogP contribution >= 0.6 is 0 Å². The highest BCUT2D eigenvalue weighted by atomic mass is 16.4. The lowest BCUT2D eigenvalue weighted by molar-refractivity contribution is 0.0699. The van der Waals surface area contributed by atoms with E-state index in [1.165, 1.54) is 6.07 Å². The van der Waals surface area contributed by atoms with Crippen LogP contribution in [0.4, 0.5) is 0 Å². The summed E-state index contributed by atoms with van der Waals surface area (Å²) < 4.78 is 1.84. The van der Waals surface area contributed by atoms with E-state index in [2.05, 4.69) is 0 Å². The second kappa shape index (κ2) is 5.03. The fourth-order valence-corrected chi connectivity index (χ4v) is 2.63. The van der Waals surface area contributed by atoms with Gasteiger partial charge in [0, 0.05) is 28.7 Å². The number of carboxylic acids is 1. The average molecular weight is 263 g/mol. The molecule has 102 valence electrons. The smallest absolute Gasteiger partial charge is 0.336 e. The number of hydrogen-bond donors (Lipinski definition) is 3. The van der Waals surface area contributed by atoms with Gasteiger partial charge in [-0.15, -0.1) is 0 Å². The quantitative estimate of drug-likeness (QED) is 0.784. The normalized spacial score (nSPS) is 12.8. The number of aliphatic hydroxyl groups is 2. The Balaban J connectivity index is 2.90. The van der Waals surface area contributed by atoms with Crippen molar-refractivity contribution in [1.29, 1.82) is 0 Å². The summed E-state index contributed by atoms with van der Waals surface area (Å²) in [5.74, 6) is -1.02. The van der Waals surface area contributed by atoms with E-state index in [4.69, 9.17) is 5.11 Å². The molecule has 0 saturated carbocycles. The maximum Gasteiger partial charge on any atom is 0.336 e. The summed E-state index contributed by atoms with van der Waals surface area (Å²) in [6.45, 7) is 3.77. The Hall–Kier alpha value is -1.85. The lowest BCUT2D eigenvalue weighted by atomic mass is 10.0. The predicted molar refractivity (Wildman–Crippen MR) is 71.4 cm³/mol. The average Bonchev–Trinajstić information content (AvgIpc) is 2.62. The highest BCUT2D eigenvalue weighted by molar-refractivity contribution is 6.05. The van der Waals surface area contributed by atoms with Gasteiger partial charge >= 0.3 is 5.97 Å². The molecule has 5 heteroatoms. The Morgan fingerprint density at radius 1 is 1.42 bits per heavy atom. The van der Waals surface area contributed by atoms with Crippen LogP contribution in [0.2, 0.25) is 0 Å². The molecule has 1 aromatic heterocycles. The van der Waals surface area contributed by atoms with Gasteiger partial charge in [0.2, 0.25) is 0 Å². The second-order valence-corrected chi connectivity index (χ2v) is 4.56. The van der Waals surface area contributed by atoms with Crippen molar-refractivity contribution in [2.45, 2.75) is 26.5 Å². The summed E-state index contributed by atoms with van der Waals surface area (Å²) in [5, 5.41) is 28.9. The Morgan fingerprint density at radius 3 is 2.63 bits per heavy atom. The Bertz CT molecular complexity index is 628. The van der Waals surface area contributed by atoms with Gasteiger partial charge in [-0.3, -0.25) is 0 Å². The van der Waals surface area contributed by atoms with Crippen molar-refractivity contribution in [3.05, 3.63) is 35.0 Å². The molecule has 0 radical (unpaired) electrons. The minimum absolute atomic E-state index is 0.0405. The maximum atomic E-state index is 11.3. The Kier molecular flexibility index (Phi) is 3.59. The van der Waals surface area contributed by atoms with Gasteiger partial charge in [0.25, 0.3) is 0 Å². The first-order chi connectivity index (χ1) is 8.99. The molecule has 2 rings (SSSR count). The number of fused-ring (bicyclic) bond motifs is 1. The lowest BCUT2D eigenvalue weighted by Gasteiger charge is -2.07. The van der Waals surface area contributed by atoms with Crippen LogP contribution in [0, 0.1) is 6.92 Å². The first-order valence-electron chi connectivity index (χ1n) is 6.13. The number of hydrogen-bond acceptors (Lipinski definition) is 3. The van der Waals surface area contributed by atoms with Gasteiger partial charge in [-0.2, -0.15) is 0 Å². The summed E-state index contributed by atoms with van der Waals surface area (Å²) in [4.78, 5) is 11.3. The molecule has 2 aromatic rings. The molecule has 0 spiro atoms. The largest absolute Gasteiger partial charge is 0.478 e.